The van der Waals surface area contributed by atoms with E-state index in [-0.39, 0.29) is 11.7 Å². The van der Waals surface area contributed by atoms with Crippen LogP contribution in [0.15, 0.2) is 72.8 Å². The van der Waals surface area contributed by atoms with Gasteiger partial charge in [0.25, 0.3) is 0 Å². The van der Waals surface area contributed by atoms with Crippen molar-refractivity contribution in [3.8, 4) is 11.5 Å². The smallest absolute Gasteiger partial charge is 0.416 e. The highest BCUT2D eigenvalue weighted by atomic mass is 19.4. The van der Waals surface area contributed by atoms with Crippen LogP contribution in [0.1, 0.15) is 28.2 Å². The summed E-state index contributed by atoms with van der Waals surface area (Å²) < 4.78 is 44.8. The number of hydrogen-bond donors (Lipinski definition) is 0. The van der Waals surface area contributed by atoms with Gasteiger partial charge in [-0.2, -0.15) is 13.2 Å². The van der Waals surface area contributed by atoms with Crippen LogP contribution in [0.4, 0.5) is 13.2 Å². The second-order valence-electron chi connectivity index (χ2n) is 5.73. The third-order valence-corrected chi connectivity index (χ3v) is 4.23. The fourth-order valence-electron chi connectivity index (χ4n) is 3.14. The molecule has 120 valence electrons. The average Bonchev–Trinajstić information content (AvgIpc) is 2.59. The third kappa shape index (κ3) is 2.44. The number of benzene rings is 3. The molecule has 1 aliphatic heterocycles. The summed E-state index contributed by atoms with van der Waals surface area (Å²) in [6.45, 7) is 0. The van der Waals surface area contributed by atoms with Gasteiger partial charge in [0.1, 0.15) is 11.5 Å². The minimum absolute atomic E-state index is 0.145. The molecule has 4 rings (SSSR count). The van der Waals surface area contributed by atoms with Gasteiger partial charge in [0.2, 0.25) is 0 Å². The van der Waals surface area contributed by atoms with Crippen LogP contribution in [0.2, 0.25) is 0 Å². The summed E-state index contributed by atoms with van der Waals surface area (Å²) >= 11 is 0. The van der Waals surface area contributed by atoms with Gasteiger partial charge in [-0.25, -0.2) is 0 Å². The molecule has 0 saturated carbocycles. The molecule has 3 aromatic carbocycles. The van der Waals surface area contributed by atoms with Crippen LogP contribution in [0.5, 0.6) is 11.5 Å². The maximum atomic E-state index is 13.0. The van der Waals surface area contributed by atoms with Crippen LogP contribution in [-0.4, -0.2) is 0 Å². The van der Waals surface area contributed by atoms with E-state index in [9.17, 15) is 13.2 Å². The molecule has 1 aliphatic rings. The summed E-state index contributed by atoms with van der Waals surface area (Å²) in [5.74, 6) is 0.712. The fourth-order valence-corrected chi connectivity index (χ4v) is 3.14. The SMILES string of the molecule is FC(F)(F)c1ccc2c(c1)Oc1ccccc1C2c1ccccc1. The van der Waals surface area contributed by atoms with Crippen molar-refractivity contribution in [3.05, 3.63) is 95.1 Å². The summed E-state index contributed by atoms with van der Waals surface area (Å²) in [5, 5.41) is 0. The maximum absolute atomic E-state index is 13.0. The maximum Gasteiger partial charge on any atom is 0.416 e. The largest absolute Gasteiger partial charge is 0.457 e. The van der Waals surface area contributed by atoms with Gasteiger partial charge >= 0.3 is 6.18 Å². The van der Waals surface area contributed by atoms with Crippen molar-refractivity contribution in [2.24, 2.45) is 0 Å². The monoisotopic (exact) mass is 326 g/mol. The Bertz CT molecular complexity index is 885. The Labute approximate surface area is 137 Å². The van der Waals surface area contributed by atoms with E-state index in [1.54, 1.807) is 6.07 Å². The van der Waals surface area contributed by atoms with Crippen LogP contribution < -0.4 is 4.74 Å². The Kier molecular flexibility index (Phi) is 3.34. The van der Waals surface area contributed by atoms with Crippen molar-refractivity contribution >= 4 is 0 Å². The van der Waals surface area contributed by atoms with E-state index < -0.39 is 11.7 Å². The van der Waals surface area contributed by atoms with Gasteiger partial charge in [-0.3, -0.25) is 0 Å². The first-order chi connectivity index (χ1) is 11.5. The summed E-state index contributed by atoms with van der Waals surface area (Å²) in [6.07, 6.45) is -4.39. The Morgan fingerprint density at radius 3 is 2.12 bits per heavy atom. The minimum Gasteiger partial charge on any atom is -0.457 e. The number of hydrogen-bond acceptors (Lipinski definition) is 1. The van der Waals surface area contributed by atoms with Crippen molar-refractivity contribution in [3.63, 3.8) is 0 Å². The Morgan fingerprint density at radius 1 is 0.708 bits per heavy atom. The molecule has 1 unspecified atom stereocenters. The number of ether oxygens (including phenoxy) is 1. The lowest BCUT2D eigenvalue weighted by Gasteiger charge is -2.29. The van der Waals surface area contributed by atoms with E-state index in [1.807, 2.05) is 48.5 Å². The van der Waals surface area contributed by atoms with Crippen LogP contribution in [0.25, 0.3) is 0 Å². The third-order valence-electron chi connectivity index (χ3n) is 4.23. The normalized spacial score (nSPS) is 16.0. The first kappa shape index (κ1) is 14.8. The van der Waals surface area contributed by atoms with E-state index in [2.05, 4.69) is 0 Å². The van der Waals surface area contributed by atoms with Crippen molar-refractivity contribution < 1.29 is 17.9 Å². The molecule has 0 spiro atoms. The van der Waals surface area contributed by atoms with E-state index >= 15 is 0 Å². The first-order valence-electron chi connectivity index (χ1n) is 7.57. The lowest BCUT2D eigenvalue weighted by molar-refractivity contribution is -0.137. The standard InChI is InChI=1S/C20H13F3O/c21-20(22,23)14-10-11-16-18(12-14)24-17-9-5-4-8-15(17)19(16)13-6-2-1-3-7-13/h1-12,19H. The molecule has 0 amide bonds. The topological polar surface area (TPSA) is 9.23 Å². The molecule has 1 atom stereocenters. The van der Waals surface area contributed by atoms with Crippen molar-refractivity contribution in [2.45, 2.75) is 12.1 Å². The van der Waals surface area contributed by atoms with E-state index in [0.29, 0.717) is 5.75 Å². The molecule has 1 heterocycles. The lowest BCUT2D eigenvalue weighted by atomic mass is 9.82. The second kappa shape index (κ2) is 5.41. The fraction of sp³-hybridized carbons (Fsp3) is 0.100. The van der Waals surface area contributed by atoms with E-state index in [1.165, 1.54) is 6.07 Å². The lowest BCUT2D eigenvalue weighted by Crippen LogP contribution is -2.13. The number of rotatable bonds is 1. The van der Waals surface area contributed by atoms with E-state index in [4.69, 9.17) is 4.74 Å². The average molecular weight is 326 g/mol. The van der Waals surface area contributed by atoms with Crippen molar-refractivity contribution in [2.75, 3.05) is 0 Å². The molecular formula is C20H13F3O. The first-order valence-corrected chi connectivity index (χ1v) is 7.57. The summed E-state index contributed by atoms with van der Waals surface area (Å²) in [7, 11) is 0. The summed E-state index contributed by atoms with van der Waals surface area (Å²) in [4.78, 5) is 0. The highest BCUT2D eigenvalue weighted by molar-refractivity contribution is 5.58. The van der Waals surface area contributed by atoms with Gasteiger partial charge in [0, 0.05) is 17.0 Å². The summed E-state index contributed by atoms with van der Waals surface area (Å²) in [6, 6.07) is 20.9. The quantitative estimate of drug-likeness (QED) is 0.417. The van der Waals surface area contributed by atoms with Crippen LogP contribution in [-0.2, 0) is 6.18 Å². The van der Waals surface area contributed by atoms with Gasteiger partial charge < -0.3 is 4.74 Å². The zero-order valence-electron chi connectivity index (χ0n) is 12.5. The molecule has 0 radical (unpaired) electrons. The molecular weight excluding hydrogens is 313 g/mol. The van der Waals surface area contributed by atoms with Gasteiger partial charge in [-0.15, -0.1) is 0 Å². The molecule has 0 aliphatic carbocycles. The predicted molar refractivity (Wildman–Crippen MR) is 85.3 cm³/mol. The molecule has 24 heavy (non-hydrogen) atoms. The molecule has 4 heteroatoms. The Morgan fingerprint density at radius 2 is 1.38 bits per heavy atom. The predicted octanol–water partition coefficient (Wildman–Crippen LogP) is 5.99. The number of para-hydroxylation sites is 1. The molecule has 0 fully saturated rings. The van der Waals surface area contributed by atoms with Gasteiger partial charge in [-0.1, -0.05) is 54.6 Å². The molecule has 0 N–H and O–H groups in total. The highest BCUT2D eigenvalue weighted by Gasteiger charge is 2.34. The van der Waals surface area contributed by atoms with Crippen LogP contribution in [0, 0.1) is 0 Å². The number of halogens is 3. The van der Waals surface area contributed by atoms with Crippen molar-refractivity contribution in [1.82, 2.24) is 0 Å². The molecule has 3 aromatic rings. The van der Waals surface area contributed by atoms with Gasteiger partial charge in [0.05, 0.1) is 5.56 Å². The Hall–Kier alpha value is -2.75. The van der Waals surface area contributed by atoms with Crippen molar-refractivity contribution in [1.29, 1.82) is 0 Å². The highest BCUT2D eigenvalue weighted by Crippen LogP contribution is 2.48. The number of alkyl halides is 3. The van der Waals surface area contributed by atoms with Gasteiger partial charge in [-0.05, 0) is 23.8 Å². The zero-order valence-corrected chi connectivity index (χ0v) is 12.5. The summed E-state index contributed by atoms with van der Waals surface area (Å²) in [5.41, 5.74) is 2.02. The number of fused-ring (bicyclic) bond motifs is 2. The second-order valence-corrected chi connectivity index (χ2v) is 5.73. The molecule has 0 aromatic heterocycles. The zero-order chi connectivity index (χ0) is 16.7. The van der Waals surface area contributed by atoms with Crippen LogP contribution >= 0.6 is 0 Å². The van der Waals surface area contributed by atoms with Crippen LogP contribution in [0.3, 0.4) is 0 Å². The minimum atomic E-state index is -4.39. The Balaban J connectivity index is 1.92. The van der Waals surface area contributed by atoms with E-state index in [0.717, 1.165) is 28.8 Å². The molecule has 0 bridgehead atoms. The molecule has 1 nitrogen and oxygen atoms in total. The molecule has 0 saturated heterocycles. The van der Waals surface area contributed by atoms with Gasteiger partial charge in [0.15, 0.2) is 0 Å².